The van der Waals surface area contributed by atoms with E-state index in [1.807, 2.05) is 0 Å². The molecular formula is C58H45N3. The Kier molecular flexibility index (Phi) is 7.01. The average Bonchev–Trinajstić information content (AvgIpc) is 3.83. The molecule has 4 saturated carbocycles. The predicted octanol–water partition coefficient (Wildman–Crippen LogP) is 15.1. The lowest BCUT2D eigenvalue weighted by molar-refractivity contribution is -0.0418. The van der Waals surface area contributed by atoms with Crippen molar-refractivity contribution >= 4 is 60.7 Å². The molecule has 0 radical (unpaired) electrons. The summed E-state index contributed by atoms with van der Waals surface area (Å²) in [5, 5.41) is 5.24. The molecule has 4 fully saturated rings. The van der Waals surface area contributed by atoms with Crippen molar-refractivity contribution in [2.45, 2.75) is 37.5 Å². The van der Waals surface area contributed by atoms with E-state index >= 15 is 0 Å². The van der Waals surface area contributed by atoms with Crippen LogP contribution in [0.3, 0.4) is 0 Å². The molecule has 0 saturated heterocycles. The Balaban J connectivity index is 1.05. The van der Waals surface area contributed by atoms with Crippen molar-refractivity contribution < 1.29 is 0 Å². The van der Waals surface area contributed by atoms with Crippen LogP contribution in [0.25, 0.3) is 66.1 Å². The van der Waals surface area contributed by atoms with Gasteiger partial charge in [-0.15, -0.1) is 0 Å². The van der Waals surface area contributed by atoms with Gasteiger partial charge in [0.25, 0.3) is 0 Å². The van der Waals surface area contributed by atoms with Gasteiger partial charge in [-0.05, 0) is 139 Å². The van der Waals surface area contributed by atoms with Crippen molar-refractivity contribution in [3.05, 3.63) is 199 Å². The van der Waals surface area contributed by atoms with Crippen molar-refractivity contribution in [3.63, 3.8) is 0 Å². The van der Waals surface area contributed by atoms with E-state index in [4.69, 9.17) is 0 Å². The molecule has 3 heteroatoms. The third kappa shape index (κ3) is 4.59. The van der Waals surface area contributed by atoms with Crippen LogP contribution in [0.2, 0.25) is 0 Å². The van der Waals surface area contributed by atoms with Crippen molar-refractivity contribution in [1.29, 1.82) is 0 Å². The minimum Gasteiger partial charge on any atom is -0.310 e. The average molecular weight is 784 g/mol. The van der Waals surface area contributed by atoms with Crippen LogP contribution < -0.4 is 4.90 Å². The summed E-state index contributed by atoms with van der Waals surface area (Å²) in [4.78, 5) is 2.57. The summed E-state index contributed by atoms with van der Waals surface area (Å²) < 4.78 is 5.06. The van der Waals surface area contributed by atoms with Gasteiger partial charge in [0.1, 0.15) is 0 Å². The lowest BCUT2D eigenvalue weighted by atomic mass is 9.41. The Morgan fingerprint density at radius 3 is 1.67 bits per heavy atom. The summed E-state index contributed by atoms with van der Waals surface area (Å²) in [5.74, 6) is 3.03. The minimum atomic E-state index is -0.0202. The van der Waals surface area contributed by atoms with Gasteiger partial charge in [-0.25, -0.2) is 0 Å². The molecular weight excluding hydrogens is 739 g/mol. The molecule has 0 amide bonds. The van der Waals surface area contributed by atoms with E-state index in [2.05, 4.69) is 202 Å². The molecule has 4 bridgehead atoms. The van der Waals surface area contributed by atoms with Crippen LogP contribution in [-0.2, 0) is 5.41 Å². The molecule has 0 atom stereocenters. The third-order valence-electron chi connectivity index (χ3n) is 15.6. The largest absolute Gasteiger partial charge is 0.310 e. The molecule has 61 heavy (non-hydrogen) atoms. The summed E-state index contributed by atoms with van der Waals surface area (Å²) in [6.45, 7) is 0. The zero-order valence-corrected chi connectivity index (χ0v) is 34.1. The van der Waals surface area contributed by atoms with Gasteiger partial charge in [0.05, 0.1) is 33.4 Å². The van der Waals surface area contributed by atoms with Crippen LogP contribution >= 0.6 is 0 Å². The first-order chi connectivity index (χ1) is 30.2. The van der Waals surface area contributed by atoms with Gasteiger partial charge in [-0.3, -0.25) is 0 Å². The monoisotopic (exact) mass is 783 g/mol. The molecule has 1 spiro atoms. The summed E-state index contributed by atoms with van der Waals surface area (Å²) in [6.07, 6.45) is 6.82. The number of para-hydroxylation sites is 5. The molecule has 1 aliphatic heterocycles. The highest BCUT2D eigenvalue weighted by Crippen LogP contribution is 2.68. The zero-order valence-electron chi connectivity index (χ0n) is 34.1. The molecule has 0 unspecified atom stereocenters. The van der Waals surface area contributed by atoms with Crippen LogP contribution in [0.5, 0.6) is 0 Å². The van der Waals surface area contributed by atoms with Crippen LogP contribution in [0.1, 0.15) is 43.2 Å². The number of benzene rings is 8. The summed E-state index contributed by atoms with van der Waals surface area (Å²) in [7, 11) is 0. The maximum Gasteiger partial charge on any atom is 0.0584 e. The number of nitrogens with zero attached hydrogens (tertiary/aromatic N) is 3. The molecule has 4 aliphatic carbocycles. The molecule has 10 aromatic rings. The lowest BCUT2D eigenvalue weighted by Gasteiger charge is -2.63. The second-order valence-corrected chi connectivity index (χ2v) is 18.5. The second-order valence-electron chi connectivity index (χ2n) is 18.5. The van der Waals surface area contributed by atoms with E-state index in [-0.39, 0.29) is 5.41 Å². The molecule has 3 heterocycles. The van der Waals surface area contributed by atoms with E-state index in [1.54, 1.807) is 11.1 Å². The number of fused-ring (bicyclic) bond motifs is 8. The van der Waals surface area contributed by atoms with Crippen LogP contribution in [0.4, 0.5) is 17.1 Å². The van der Waals surface area contributed by atoms with Crippen molar-refractivity contribution in [1.82, 2.24) is 9.13 Å². The summed E-state index contributed by atoms with van der Waals surface area (Å²) in [6, 6.07) is 70.9. The van der Waals surface area contributed by atoms with Gasteiger partial charge in [0.15, 0.2) is 0 Å². The van der Waals surface area contributed by atoms with Crippen molar-refractivity contribution in [2.24, 2.45) is 23.7 Å². The van der Waals surface area contributed by atoms with E-state index < -0.39 is 0 Å². The smallest absolute Gasteiger partial charge is 0.0584 e. The van der Waals surface area contributed by atoms with Crippen LogP contribution in [0.15, 0.2) is 188 Å². The first kappa shape index (κ1) is 33.9. The van der Waals surface area contributed by atoms with Gasteiger partial charge in [-0.2, -0.15) is 0 Å². The number of aromatic nitrogens is 2. The summed E-state index contributed by atoms with van der Waals surface area (Å²) >= 11 is 0. The minimum absolute atomic E-state index is 0.0202. The Morgan fingerprint density at radius 1 is 0.426 bits per heavy atom. The maximum absolute atomic E-state index is 2.67. The lowest BCUT2D eigenvalue weighted by Crippen LogP contribution is -2.57. The van der Waals surface area contributed by atoms with Crippen LogP contribution in [0, 0.1) is 23.7 Å². The Morgan fingerprint density at radius 2 is 0.984 bits per heavy atom. The fraction of sp³-hybridized carbons (Fsp3) is 0.172. The van der Waals surface area contributed by atoms with Crippen molar-refractivity contribution in [3.8, 4) is 22.5 Å². The molecule has 5 aliphatic rings. The summed E-state index contributed by atoms with van der Waals surface area (Å²) in [5.41, 5.74) is 16.8. The van der Waals surface area contributed by atoms with E-state index in [9.17, 15) is 0 Å². The topological polar surface area (TPSA) is 13.1 Å². The van der Waals surface area contributed by atoms with Gasteiger partial charge >= 0.3 is 0 Å². The molecule has 0 N–H and O–H groups in total. The first-order valence-electron chi connectivity index (χ1n) is 22.4. The van der Waals surface area contributed by atoms with E-state index in [0.717, 1.165) is 23.2 Å². The molecule has 15 rings (SSSR count). The number of hydrogen-bond donors (Lipinski definition) is 0. The second kappa shape index (κ2) is 12.6. The van der Waals surface area contributed by atoms with Gasteiger partial charge in [-0.1, -0.05) is 121 Å². The SMILES string of the molecule is c1ccc(-c2ccccc2N(c2ccc(-n3c4ccccc4c4ccccc43)cc2)c2cc3c4c(c2)c2ccccc2n4-c2ccccc2C32[C@H]3C[C@@H]4C[C@@H](C[C@@H]2C4)C3)cc1. The first-order valence-corrected chi connectivity index (χ1v) is 22.4. The molecule has 8 aromatic carbocycles. The molecule has 292 valence electrons. The van der Waals surface area contributed by atoms with Crippen molar-refractivity contribution in [2.75, 3.05) is 4.90 Å². The van der Waals surface area contributed by atoms with Gasteiger partial charge in [0, 0.05) is 49.6 Å². The fourth-order valence-corrected chi connectivity index (χ4v) is 13.7. The Bertz CT molecular complexity index is 3300. The van der Waals surface area contributed by atoms with E-state index in [0.29, 0.717) is 11.8 Å². The Hall–Kier alpha value is -6.84. The fourth-order valence-electron chi connectivity index (χ4n) is 13.7. The highest BCUT2D eigenvalue weighted by atomic mass is 15.1. The maximum atomic E-state index is 2.67. The molecule has 2 aromatic heterocycles. The normalized spacial score (nSPS) is 22.2. The van der Waals surface area contributed by atoms with Gasteiger partial charge < -0.3 is 14.0 Å². The number of anilines is 3. The highest BCUT2D eigenvalue weighted by molar-refractivity contribution is 6.14. The van der Waals surface area contributed by atoms with Gasteiger partial charge in [0.2, 0.25) is 0 Å². The van der Waals surface area contributed by atoms with Crippen LogP contribution in [-0.4, -0.2) is 9.13 Å². The predicted molar refractivity (Wildman–Crippen MR) is 253 cm³/mol. The number of hydrogen-bond acceptors (Lipinski definition) is 1. The highest BCUT2D eigenvalue weighted by Gasteiger charge is 2.61. The quantitative estimate of drug-likeness (QED) is 0.169. The Labute approximate surface area is 356 Å². The van der Waals surface area contributed by atoms with E-state index in [1.165, 1.54) is 104 Å². The zero-order chi connectivity index (χ0) is 39.8. The molecule has 3 nitrogen and oxygen atoms in total. The standard InChI is InChI=1S/C58H45N3/c1-2-14-39(15-3-1)45-16-4-9-21-52(45)59(42-26-28-43(29-27-42)60-53-22-10-5-17-46(53)47-18-6-11-23-54(47)60)44-35-49-48-19-7-12-24-55(48)61-56-25-13-8-20-50(56)58(51(36-44)57(49)61)40-31-37-30-38(33-40)34-41(58)32-37/h1-29,35-38,40-41H,30-34H2/t37-,38+,40-,41-,58?. The number of rotatable bonds is 5. The third-order valence-corrected chi connectivity index (χ3v) is 15.6.